The van der Waals surface area contributed by atoms with Crippen molar-refractivity contribution >= 4 is 23.6 Å². The molecule has 9 heteroatoms. The Bertz CT molecular complexity index is 1050. The predicted molar refractivity (Wildman–Crippen MR) is 119 cm³/mol. The van der Waals surface area contributed by atoms with Gasteiger partial charge in [0.1, 0.15) is 0 Å². The minimum absolute atomic E-state index is 0.112. The molecular formula is C23H24N4O4S. The number of hydrogen-bond acceptors (Lipinski definition) is 8. The molecule has 166 valence electrons. The summed E-state index contributed by atoms with van der Waals surface area (Å²) in [7, 11) is 0. The molecule has 32 heavy (non-hydrogen) atoms. The van der Waals surface area contributed by atoms with E-state index in [1.807, 2.05) is 29.2 Å². The van der Waals surface area contributed by atoms with Crippen LogP contribution in [-0.4, -0.2) is 57.4 Å². The highest BCUT2D eigenvalue weighted by molar-refractivity contribution is 8.00. The second-order valence-corrected chi connectivity index (χ2v) is 8.38. The van der Waals surface area contributed by atoms with Gasteiger partial charge in [0.25, 0.3) is 0 Å². The number of carbonyl (C=O) groups excluding carboxylic acids is 2. The van der Waals surface area contributed by atoms with Crippen molar-refractivity contribution in [2.24, 2.45) is 0 Å². The van der Waals surface area contributed by atoms with Crippen LogP contribution in [0.25, 0.3) is 11.4 Å². The van der Waals surface area contributed by atoms with Crippen LogP contribution < -0.4 is 0 Å². The first kappa shape index (κ1) is 22.0. The summed E-state index contributed by atoms with van der Waals surface area (Å²) < 4.78 is 10.7. The molecule has 1 amide bonds. The second kappa shape index (κ2) is 10.9. The van der Waals surface area contributed by atoms with Crippen molar-refractivity contribution < 1.29 is 18.8 Å². The molecule has 0 saturated carbocycles. The van der Waals surface area contributed by atoms with Crippen molar-refractivity contribution in [2.75, 3.05) is 25.4 Å². The third-order valence-corrected chi connectivity index (χ3v) is 6.13. The van der Waals surface area contributed by atoms with E-state index in [0.717, 1.165) is 36.4 Å². The molecule has 0 spiro atoms. The Morgan fingerprint density at radius 3 is 2.78 bits per heavy atom. The standard InChI is InChI=1S/C23H24N4O4S/c28-21(27-12-3-4-13-27)16-32-19-9-2-1-8-18(19)23(29)30-14-6-10-20-25-22(26-31-20)17-7-5-11-24-15-17/h1-2,5,7-9,11,15H,3-4,6,10,12-14,16H2. The molecule has 1 aliphatic heterocycles. The van der Waals surface area contributed by atoms with Crippen LogP contribution in [0, 0.1) is 0 Å². The molecule has 0 atom stereocenters. The molecule has 1 aliphatic rings. The number of hydrogen-bond donors (Lipinski definition) is 0. The monoisotopic (exact) mass is 452 g/mol. The lowest BCUT2D eigenvalue weighted by Gasteiger charge is -2.15. The van der Waals surface area contributed by atoms with Crippen LogP contribution in [0.2, 0.25) is 0 Å². The van der Waals surface area contributed by atoms with Crippen molar-refractivity contribution in [2.45, 2.75) is 30.6 Å². The molecule has 4 rings (SSSR count). The van der Waals surface area contributed by atoms with Crippen LogP contribution in [0.4, 0.5) is 0 Å². The molecule has 0 radical (unpaired) electrons. The zero-order valence-electron chi connectivity index (χ0n) is 17.6. The first-order valence-electron chi connectivity index (χ1n) is 10.6. The Labute approximate surface area is 190 Å². The normalized spacial score (nSPS) is 13.3. The number of nitrogens with zero attached hydrogens (tertiary/aromatic N) is 4. The maximum absolute atomic E-state index is 12.6. The lowest BCUT2D eigenvalue weighted by Crippen LogP contribution is -2.29. The van der Waals surface area contributed by atoms with E-state index in [4.69, 9.17) is 9.26 Å². The van der Waals surface area contributed by atoms with Crippen molar-refractivity contribution in [1.29, 1.82) is 0 Å². The molecule has 0 aliphatic carbocycles. The van der Waals surface area contributed by atoms with E-state index in [1.54, 1.807) is 24.5 Å². The van der Waals surface area contributed by atoms with E-state index < -0.39 is 5.97 Å². The van der Waals surface area contributed by atoms with Crippen LogP contribution in [0.15, 0.2) is 58.2 Å². The van der Waals surface area contributed by atoms with Gasteiger partial charge in [-0.25, -0.2) is 4.79 Å². The molecule has 2 aromatic heterocycles. The van der Waals surface area contributed by atoms with E-state index in [2.05, 4.69) is 15.1 Å². The van der Waals surface area contributed by atoms with Crippen molar-refractivity contribution in [1.82, 2.24) is 20.0 Å². The first-order valence-corrected chi connectivity index (χ1v) is 11.6. The highest BCUT2D eigenvalue weighted by atomic mass is 32.2. The van der Waals surface area contributed by atoms with E-state index in [0.29, 0.717) is 35.9 Å². The van der Waals surface area contributed by atoms with Crippen LogP contribution >= 0.6 is 11.8 Å². The summed E-state index contributed by atoms with van der Waals surface area (Å²) in [6, 6.07) is 10.9. The smallest absolute Gasteiger partial charge is 0.339 e. The lowest BCUT2D eigenvalue weighted by atomic mass is 10.2. The number of thioether (sulfide) groups is 1. The highest BCUT2D eigenvalue weighted by Gasteiger charge is 2.19. The number of esters is 1. The minimum Gasteiger partial charge on any atom is -0.462 e. The zero-order valence-corrected chi connectivity index (χ0v) is 18.4. The second-order valence-electron chi connectivity index (χ2n) is 7.37. The van der Waals surface area contributed by atoms with Gasteiger partial charge < -0.3 is 14.2 Å². The van der Waals surface area contributed by atoms with E-state index in [1.165, 1.54) is 11.8 Å². The molecular weight excluding hydrogens is 428 g/mol. The van der Waals surface area contributed by atoms with Gasteiger partial charge in [0.2, 0.25) is 17.6 Å². The van der Waals surface area contributed by atoms with Gasteiger partial charge in [-0.3, -0.25) is 9.78 Å². The van der Waals surface area contributed by atoms with Crippen LogP contribution in [0.1, 0.15) is 35.5 Å². The lowest BCUT2D eigenvalue weighted by molar-refractivity contribution is -0.127. The fourth-order valence-corrected chi connectivity index (χ4v) is 4.34. The van der Waals surface area contributed by atoms with Gasteiger partial charge in [-0.05, 0) is 43.5 Å². The highest BCUT2D eigenvalue weighted by Crippen LogP contribution is 2.24. The molecule has 0 unspecified atom stereocenters. The van der Waals surface area contributed by atoms with Gasteiger partial charge in [0, 0.05) is 42.4 Å². The van der Waals surface area contributed by atoms with Crippen LogP contribution in [0.3, 0.4) is 0 Å². The summed E-state index contributed by atoms with van der Waals surface area (Å²) in [5, 5.41) is 3.96. The zero-order chi connectivity index (χ0) is 22.2. The van der Waals surface area contributed by atoms with Crippen molar-refractivity contribution in [3.05, 3.63) is 60.2 Å². The molecule has 8 nitrogen and oxygen atoms in total. The number of amides is 1. The summed E-state index contributed by atoms with van der Waals surface area (Å²) >= 11 is 1.38. The van der Waals surface area contributed by atoms with Gasteiger partial charge in [0.05, 0.1) is 17.9 Å². The summed E-state index contributed by atoms with van der Waals surface area (Å²) in [5.74, 6) is 1.00. The van der Waals surface area contributed by atoms with Crippen molar-refractivity contribution in [3.63, 3.8) is 0 Å². The van der Waals surface area contributed by atoms with Crippen LogP contribution in [0.5, 0.6) is 0 Å². The molecule has 1 aromatic carbocycles. The Morgan fingerprint density at radius 1 is 1.12 bits per heavy atom. The number of rotatable bonds is 9. The topological polar surface area (TPSA) is 98.4 Å². The maximum Gasteiger partial charge on any atom is 0.339 e. The molecule has 1 fully saturated rings. The van der Waals surface area contributed by atoms with E-state index in [-0.39, 0.29) is 12.5 Å². The number of ether oxygens (including phenoxy) is 1. The third kappa shape index (κ3) is 5.73. The molecule has 0 bridgehead atoms. The van der Waals surface area contributed by atoms with Gasteiger partial charge in [0.15, 0.2) is 0 Å². The number of pyridine rings is 1. The maximum atomic E-state index is 12.6. The van der Waals surface area contributed by atoms with E-state index in [9.17, 15) is 9.59 Å². The van der Waals surface area contributed by atoms with Gasteiger partial charge in [-0.1, -0.05) is 17.3 Å². The molecule has 3 aromatic rings. The van der Waals surface area contributed by atoms with Crippen molar-refractivity contribution in [3.8, 4) is 11.4 Å². The quantitative estimate of drug-likeness (QED) is 0.276. The molecule has 1 saturated heterocycles. The molecule has 0 N–H and O–H groups in total. The summed E-state index contributed by atoms with van der Waals surface area (Å²) in [6.45, 7) is 1.88. The fraction of sp³-hybridized carbons (Fsp3) is 0.348. The number of aryl methyl sites for hydroxylation is 1. The van der Waals surface area contributed by atoms with Gasteiger partial charge >= 0.3 is 5.97 Å². The Kier molecular flexibility index (Phi) is 7.50. The SMILES string of the molecule is O=C(OCCCc1nc(-c2cccnc2)no1)c1ccccc1SCC(=O)N1CCCC1. The average Bonchev–Trinajstić information content (AvgIpc) is 3.54. The fourth-order valence-electron chi connectivity index (χ4n) is 3.39. The van der Waals surface area contributed by atoms with Crippen LogP contribution in [-0.2, 0) is 16.0 Å². The Balaban J connectivity index is 1.25. The average molecular weight is 453 g/mol. The minimum atomic E-state index is -0.400. The largest absolute Gasteiger partial charge is 0.462 e. The third-order valence-electron chi connectivity index (χ3n) is 5.07. The first-order chi connectivity index (χ1) is 15.7. The molecule has 3 heterocycles. The predicted octanol–water partition coefficient (Wildman–Crippen LogP) is 3.64. The van der Waals surface area contributed by atoms with E-state index >= 15 is 0 Å². The summed E-state index contributed by atoms with van der Waals surface area (Å²) in [4.78, 5) is 35.9. The Hall–Kier alpha value is -3.20. The number of benzene rings is 1. The number of likely N-dealkylation sites (tertiary alicyclic amines) is 1. The van der Waals surface area contributed by atoms with Gasteiger partial charge in [-0.15, -0.1) is 11.8 Å². The van der Waals surface area contributed by atoms with Gasteiger partial charge in [-0.2, -0.15) is 4.98 Å². The number of aromatic nitrogens is 3. The number of carbonyl (C=O) groups is 2. The Morgan fingerprint density at radius 2 is 1.97 bits per heavy atom. The summed E-state index contributed by atoms with van der Waals surface area (Å²) in [5.41, 5.74) is 1.26. The summed E-state index contributed by atoms with van der Waals surface area (Å²) in [6.07, 6.45) is 6.54.